The highest BCUT2D eigenvalue weighted by atomic mass is 79.9. The van der Waals surface area contributed by atoms with E-state index in [-0.39, 0.29) is 10.6 Å². The van der Waals surface area contributed by atoms with Crippen molar-refractivity contribution in [3.8, 4) is 0 Å². The third kappa shape index (κ3) is 2.80. The molecule has 17 heavy (non-hydrogen) atoms. The predicted octanol–water partition coefficient (Wildman–Crippen LogP) is 5.75. The Morgan fingerprint density at radius 2 is 1.94 bits per heavy atom. The predicted molar refractivity (Wildman–Crippen MR) is 78.7 cm³/mol. The van der Waals surface area contributed by atoms with Crippen LogP contribution in [0.25, 0.3) is 0 Å². The summed E-state index contributed by atoms with van der Waals surface area (Å²) in [6.45, 7) is 4.06. The molecule has 0 nitrogen and oxygen atoms in total. The van der Waals surface area contributed by atoms with Crippen molar-refractivity contribution in [2.45, 2.75) is 18.7 Å². The van der Waals surface area contributed by atoms with Gasteiger partial charge in [-0.25, -0.2) is 4.39 Å². The molecule has 0 amide bonds. The molecule has 0 saturated heterocycles. The van der Waals surface area contributed by atoms with Crippen LogP contribution in [0.5, 0.6) is 0 Å². The fraction of sp³-hybridized carbons (Fsp3) is 0.231. The van der Waals surface area contributed by atoms with Crippen molar-refractivity contribution in [2.75, 3.05) is 0 Å². The highest BCUT2D eigenvalue weighted by Gasteiger charge is 2.18. The molecule has 0 aliphatic rings. The molecule has 0 radical (unpaired) electrons. The van der Waals surface area contributed by atoms with Crippen LogP contribution >= 0.6 is 43.2 Å². The van der Waals surface area contributed by atoms with E-state index in [2.05, 4.69) is 44.8 Å². The third-order valence-corrected chi connectivity index (χ3v) is 5.87. The topological polar surface area (TPSA) is 0 Å². The van der Waals surface area contributed by atoms with Gasteiger partial charge in [0.25, 0.3) is 0 Å². The van der Waals surface area contributed by atoms with E-state index in [4.69, 9.17) is 0 Å². The molecule has 1 aromatic heterocycles. The number of halogens is 3. The van der Waals surface area contributed by atoms with Gasteiger partial charge in [0, 0.05) is 14.2 Å². The van der Waals surface area contributed by atoms with Crippen molar-refractivity contribution in [2.24, 2.45) is 0 Å². The average molecular weight is 378 g/mol. The van der Waals surface area contributed by atoms with Crippen LogP contribution < -0.4 is 0 Å². The standard InChI is InChI=1S/C13H11Br2FS/c1-7-3-4-9(16)6-10(7)12(15)13-11(14)5-8(2)17-13/h3-6,12H,1-2H3. The van der Waals surface area contributed by atoms with Crippen LogP contribution in [0.3, 0.4) is 0 Å². The van der Waals surface area contributed by atoms with Crippen molar-refractivity contribution >= 4 is 43.2 Å². The molecule has 2 aromatic rings. The number of hydrogen-bond acceptors (Lipinski definition) is 1. The summed E-state index contributed by atoms with van der Waals surface area (Å²) in [5.41, 5.74) is 2.07. The minimum Gasteiger partial charge on any atom is -0.207 e. The second-order valence-corrected chi connectivity index (χ2v) is 6.99. The first-order chi connectivity index (χ1) is 7.99. The molecule has 0 spiro atoms. The van der Waals surface area contributed by atoms with E-state index >= 15 is 0 Å². The van der Waals surface area contributed by atoms with Crippen LogP contribution in [0.2, 0.25) is 0 Å². The Kier molecular flexibility index (Phi) is 4.06. The summed E-state index contributed by atoms with van der Waals surface area (Å²) < 4.78 is 14.4. The maximum Gasteiger partial charge on any atom is 0.123 e. The van der Waals surface area contributed by atoms with Gasteiger partial charge in [-0.15, -0.1) is 11.3 Å². The van der Waals surface area contributed by atoms with Gasteiger partial charge in [0.2, 0.25) is 0 Å². The van der Waals surface area contributed by atoms with E-state index in [0.717, 1.165) is 15.6 Å². The number of aryl methyl sites for hydroxylation is 2. The number of rotatable bonds is 2. The molecule has 1 aromatic carbocycles. The summed E-state index contributed by atoms with van der Waals surface area (Å²) in [5, 5.41) is 0. The number of alkyl halides is 1. The molecule has 0 N–H and O–H groups in total. The summed E-state index contributed by atoms with van der Waals surface area (Å²) in [6, 6.07) is 6.99. The Morgan fingerprint density at radius 1 is 1.24 bits per heavy atom. The van der Waals surface area contributed by atoms with Crippen LogP contribution in [-0.4, -0.2) is 0 Å². The van der Waals surface area contributed by atoms with E-state index in [0.29, 0.717) is 0 Å². The fourth-order valence-corrected chi connectivity index (χ4v) is 4.90. The normalized spacial score (nSPS) is 12.8. The molecular formula is C13H11Br2FS. The molecule has 4 heteroatoms. The Hall–Kier alpha value is -0.190. The zero-order chi connectivity index (χ0) is 12.6. The number of hydrogen-bond donors (Lipinski definition) is 0. The van der Waals surface area contributed by atoms with E-state index in [1.165, 1.54) is 15.8 Å². The van der Waals surface area contributed by atoms with Gasteiger partial charge < -0.3 is 0 Å². The lowest BCUT2D eigenvalue weighted by atomic mass is 10.0. The van der Waals surface area contributed by atoms with E-state index in [9.17, 15) is 4.39 Å². The lowest BCUT2D eigenvalue weighted by molar-refractivity contribution is 0.625. The van der Waals surface area contributed by atoms with Crippen LogP contribution in [0.15, 0.2) is 28.7 Å². The van der Waals surface area contributed by atoms with Crippen molar-refractivity contribution in [3.63, 3.8) is 0 Å². The lowest BCUT2D eigenvalue weighted by Gasteiger charge is -2.12. The summed E-state index contributed by atoms with van der Waals surface area (Å²) in [5.74, 6) is -0.195. The van der Waals surface area contributed by atoms with Gasteiger partial charge in [0.05, 0.1) is 4.83 Å². The molecule has 90 valence electrons. The second-order valence-electron chi connectivity index (χ2n) is 3.93. The maximum absolute atomic E-state index is 13.3. The molecule has 0 bridgehead atoms. The largest absolute Gasteiger partial charge is 0.207 e. The fourth-order valence-electron chi connectivity index (χ4n) is 1.70. The SMILES string of the molecule is Cc1cc(Br)c(C(Br)c2cc(F)ccc2C)s1. The monoisotopic (exact) mass is 376 g/mol. The van der Waals surface area contributed by atoms with E-state index in [1.807, 2.05) is 13.0 Å². The third-order valence-electron chi connectivity index (χ3n) is 2.58. The highest BCUT2D eigenvalue weighted by Crippen LogP contribution is 2.41. The van der Waals surface area contributed by atoms with Crippen molar-refractivity contribution < 1.29 is 4.39 Å². The molecule has 0 aliphatic carbocycles. The minimum atomic E-state index is -0.195. The lowest BCUT2D eigenvalue weighted by Crippen LogP contribution is -1.95. The minimum absolute atomic E-state index is 0.0336. The number of benzene rings is 1. The average Bonchev–Trinajstić information content (AvgIpc) is 2.60. The van der Waals surface area contributed by atoms with Gasteiger partial charge in [-0.3, -0.25) is 0 Å². The summed E-state index contributed by atoms with van der Waals surface area (Å²) >= 11 is 8.92. The van der Waals surface area contributed by atoms with Gasteiger partial charge in [0.1, 0.15) is 5.82 Å². The first-order valence-electron chi connectivity index (χ1n) is 5.15. The van der Waals surface area contributed by atoms with Crippen LogP contribution in [-0.2, 0) is 0 Å². The molecule has 2 rings (SSSR count). The smallest absolute Gasteiger partial charge is 0.123 e. The van der Waals surface area contributed by atoms with Crippen LogP contribution in [0, 0.1) is 19.7 Å². The molecule has 0 fully saturated rings. The Balaban J connectivity index is 2.46. The van der Waals surface area contributed by atoms with Gasteiger partial charge in [-0.1, -0.05) is 22.0 Å². The quantitative estimate of drug-likeness (QED) is 0.584. The molecule has 1 unspecified atom stereocenters. The molecule has 1 atom stereocenters. The molecule has 1 heterocycles. The van der Waals surface area contributed by atoms with Crippen molar-refractivity contribution in [3.05, 3.63) is 55.4 Å². The maximum atomic E-state index is 13.3. The number of thiophene rings is 1. The van der Waals surface area contributed by atoms with Gasteiger partial charge in [-0.2, -0.15) is 0 Å². The molecule has 0 aliphatic heterocycles. The Bertz CT molecular complexity index is 548. The van der Waals surface area contributed by atoms with Gasteiger partial charge in [-0.05, 0) is 59.1 Å². The van der Waals surface area contributed by atoms with E-state index in [1.54, 1.807) is 17.4 Å². The van der Waals surface area contributed by atoms with Crippen LogP contribution in [0.1, 0.15) is 25.7 Å². The zero-order valence-corrected chi connectivity index (χ0v) is 13.4. The summed E-state index contributed by atoms with van der Waals surface area (Å²) in [4.78, 5) is 2.45. The highest BCUT2D eigenvalue weighted by molar-refractivity contribution is 9.11. The second kappa shape index (κ2) is 5.21. The summed E-state index contributed by atoms with van der Waals surface area (Å²) in [7, 11) is 0. The Labute approximate surface area is 121 Å². The first kappa shape index (κ1) is 13.2. The molecule has 0 saturated carbocycles. The van der Waals surface area contributed by atoms with E-state index < -0.39 is 0 Å². The van der Waals surface area contributed by atoms with Crippen LogP contribution in [0.4, 0.5) is 4.39 Å². The van der Waals surface area contributed by atoms with Gasteiger partial charge >= 0.3 is 0 Å². The zero-order valence-electron chi connectivity index (χ0n) is 9.43. The van der Waals surface area contributed by atoms with Gasteiger partial charge in [0.15, 0.2) is 0 Å². The Morgan fingerprint density at radius 3 is 2.53 bits per heavy atom. The first-order valence-corrected chi connectivity index (χ1v) is 7.67. The van der Waals surface area contributed by atoms with Crippen molar-refractivity contribution in [1.82, 2.24) is 0 Å². The molecular weight excluding hydrogens is 367 g/mol. The summed E-state index contributed by atoms with van der Waals surface area (Å²) in [6.07, 6.45) is 0. The van der Waals surface area contributed by atoms with Crippen molar-refractivity contribution in [1.29, 1.82) is 0 Å².